The Morgan fingerprint density at radius 3 is 2.35 bits per heavy atom. The van der Waals surface area contributed by atoms with Gasteiger partial charge in [-0.25, -0.2) is 9.59 Å². The minimum absolute atomic E-state index is 0.0593. The summed E-state index contributed by atoms with van der Waals surface area (Å²) in [4.78, 5) is 38.2. The summed E-state index contributed by atoms with van der Waals surface area (Å²) in [5.74, 6) is -1.04. The Labute approximate surface area is 183 Å². The van der Waals surface area contributed by atoms with Crippen LogP contribution in [0.15, 0.2) is 48.5 Å². The van der Waals surface area contributed by atoms with E-state index >= 15 is 0 Å². The van der Waals surface area contributed by atoms with E-state index in [1.165, 1.54) is 16.7 Å². The van der Waals surface area contributed by atoms with Crippen molar-refractivity contribution >= 4 is 29.7 Å². The van der Waals surface area contributed by atoms with Crippen molar-refractivity contribution in [2.45, 2.75) is 36.2 Å². The smallest absolute Gasteiger partial charge is 0.407 e. The lowest BCUT2D eigenvalue weighted by Crippen LogP contribution is -2.57. The Bertz CT molecular complexity index is 1010. The molecule has 0 spiro atoms. The summed E-state index contributed by atoms with van der Waals surface area (Å²) in [5, 5.41) is 11.9. The molecule has 3 unspecified atom stereocenters. The molecule has 3 aliphatic rings. The summed E-state index contributed by atoms with van der Waals surface area (Å²) in [6.45, 7) is 0.167. The van der Waals surface area contributed by atoms with Crippen LogP contribution in [0.1, 0.15) is 29.9 Å². The lowest BCUT2D eigenvalue weighted by Gasteiger charge is -2.36. The second kappa shape index (κ2) is 7.92. The van der Waals surface area contributed by atoms with E-state index in [0.29, 0.717) is 18.6 Å². The molecule has 8 heteroatoms. The zero-order chi connectivity index (χ0) is 21.5. The van der Waals surface area contributed by atoms with Gasteiger partial charge in [-0.2, -0.15) is 0 Å². The van der Waals surface area contributed by atoms with Gasteiger partial charge < -0.3 is 20.1 Å². The van der Waals surface area contributed by atoms with Crippen LogP contribution in [0.3, 0.4) is 0 Å². The van der Waals surface area contributed by atoms with Crippen LogP contribution in [-0.2, 0) is 14.3 Å². The summed E-state index contributed by atoms with van der Waals surface area (Å²) in [6, 6.07) is 14.6. The van der Waals surface area contributed by atoms with Crippen molar-refractivity contribution in [2.75, 3.05) is 12.4 Å². The third-order valence-electron chi connectivity index (χ3n) is 6.27. The zero-order valence-electron chi connectivity index (χ0n) is 16.7. The molecule has 1 aliphatic carbocycles. The molecule has 31 heavy (non-hydrogen) atoms. The Balaban J connectivity index is 1.25. The minimum atomic E-state index is -1.01. The van der Waals surface area contributed by atoms with Crippen molar-refractivity contribution < 1.29 is 24.2 Å². The molecule has 2 N–H and O–H groups in total. The number of thioether (sulfide) groups is 1. The Morgan fingerprint density at radius 2 is 1.71 bits per heavy atom. The van der Waals surface area contributed by atoms with Gasteiger partial charge in [0.15, 0.2) is 0 Å². The molecule has 0 radical (unpaired) electrons. The molecule has 0 saturated carbocycles. The van der Waals surface area contributed by atoms with Crippen molar-refractivity contribution in [3.63, 3.8) is 0 Å². The monoisotopic (exact) mass is 438 g/mol. The lowest BCUT2D eigenvalue weighted by atomic mass is 9.98. The van der Waals surface area contributed by atoms with Crippen LogP contribution in [0, 0.1) is 0 Å². The van der Waals surface area contributed by atoms with Crippen molar-refractivity contribution in [1.82, 2.24) is 10.2 Å². The van der Waals surface area contributed by atoms with Crippen LogP contribution in [0.2, 0.25) is 0 Å². The summed E-state index contributed by atoms with van der Waals surface area (Å²) in [6.07, 6.45) is 0.468. The minimum Gasteiger partial charge on any atom is -0.480 e. The summed E-state index contributed by atoms with van der Waals surface area (Å²) >= 11 is 1.48. The number of alkyl carbamates (subject to hydrolysis) is 1. The van der Waals surface area contributed by atoms with Crippen molar-refractivity contribution in [3.8, 4) is 11.1 Å². The van der Waals surface area contributed by atoms with Gasteiger partial charge in [-0.1, -0.05) is 48.5 Å². The topological polar surface area (TPSA) is 95.9 Å². The summed E-state index contributed by atoms with van der Waals surface area (Å²) in [5.41, 5.74) is 4.52. The quantitative estimate of drug-likeness (QED) is 0.762. The number of carboxylic acid groups (broad SMARTS) is 1. The Kier molecular flexibility index (Phi) is 5.09. The van der Waals surface area contributed by atoms with Crippen LogP contribution < -0.4 is 5.32 Å². The molecule has 160 valence electrons. The first-order chi connectivity index (χ1) is 15.0. The van der Waals surface area contributed by atoms with E-state index in [1.807, 2.05) is 36.4 Å². The van der Waals surface area contributed by atoms with Gasteiger partial charge in [0.05, 0.1) is 5.37 Å². The standard InChI is InChI=1S/C23H22N2O5S/c26-21-18(9-10-20-25(21)19(12-31-20)22(27)28)24-23(29)30-11-17-15-7-3-1-5-13(15)14-6-2-4-8-16(14)17/h1-8,17-20H,9-12H2,(H,24,29)(H,27,28). The average Bonchev–Trinajstić information content (AvgIpc) is 3.34. The maximum absolute atomic E-state index is 12.8. The number of carbonyl (C=O) groups excluding carboxylic acids is 2. The number of benzene rings is 2. The van der Waals surface area contributed by atoms with Crippen molar-refractivity contribution in [2.24, 2.45) is 0 Å². The summed E-state index contributed by atoms with van der Waals surface area (Å²) in [7, 11) is 0. The van der Waals surface area contributed by atoms with Gasteiger partial charge in [0, 0.05) is 11.7 Å². The SMILES string of the molecule is O=C(NC1CCC2SCC(C(=O)O)N2C1=O)OCC1c2ccccc2-c2ccccc21. The van der Waals surface area contributed by atoms with Gasteiger partial charge >= 0.3 is 12.1 Å². The first-order valence-electron chi connectivity index (χ1n) is 10.3. The predicted molar refractivity (Wildman–Crippen MR) is 116 cm³/mol. The van der Waals surface area contributed by atoms with Gasteiger partial charge in [-0.05, 0) is 35.1 Å². The molecule has 2 aromatic rings. The average molecular weight is 439 g/mol. The molecule has 2 fully saturated rings. The molecule has 2 saturated heterocycles. The molecule has 5 rings (SSSR count). The molecule has 2 amide bonds. The van der Waals surface area contributed by atoms with Gasteiger partial charge in [0.1, 0.15) is 18.7 Å². The zero-order valence-corrected chi connectivity index (χ0v) is 17.5. The fourth-order valence-electron chi connectivity index (χ4n) is 4.80. The number of hydrogen-bond acceptors (Lipinski definition) is 5. The van der Waals surface area contributed by atoms with E-state index < -0.39 is 24.1 Å². The number of hydrogen-bond donors (Lipinski definition) is 2. The van der Waals surface area contributed by atoms with Crippen LogP contribution in [0.4, 0.5) is 4.79 Å². The van der Waals surface area contributed by atoms with Gasteiger partial charge in [0.2, 0.25) is 5.91 Å². The summed E-state index contributed by atoms with van der Waals surface area (Å²) < 4.78 is 5.53. The second-order valence-corrected chi connectivity index (χ2v) is 9.20. The third kappa shape index (κ3) is 3.44. The van der Waals surface area contributed by atoms with E-state index in [2.05, 4.69) is 17.4 Å². The fourth-order valence-corrected chi connectivity index (χ4v) is 6.22. The highest BCUT2D eigenvalue weighted by molar-refractivity contribution is 8.00. The molecule has 2 heterocycles. The van der Waals surface area contributed by atoms with Crippen LogP contribution in [0.5, 0.6) is 0 Å². The fraction of sp³-hybridized carbons (Fsp3) is 0.348. The Hall–Kier alpha value is -3.00. The van der Waals surface area contributed by atoms with E-state index in [9.17, 15) is 19.5 Å². The van der Waals surface area contributed by atoms with E-state index in [1.54, 1.807) is 0 Å². The number of carbonyl (C=O) groups is 3. The first kappa shape index (κ1) is 19.9. The predicted octanol–water partition coefficient (Wildman–Crippen LogP) is 3.04. The van der Waals surface area contributed by atoms with Gasteiger partial charge in [-0.15, -0.1) is 11.8 Å². The van der Waals surface area contributed by atoms with Crippen molar-refractivity contribution in [1.29, 1.82) is 0 Å². The van der Waals surface area contributed by atoms with E-state index in [-0.39, 0.29) is 23.8 Å². The molecule has 0 aromatic heterocycles. The van der Waals surface area contributed by atoms with Gasteiger partial charge in [0.25, 0.3) is 0 Å². The van der Waals surface area contributed by atoms with Crippen LogP contribution in [-0.4, -0.2) is 57.8 Å². The maximum Gasteiger partial charge on any atom is 0.407 e. The number of piperidine rings is 1. The molecule has 0 bridgehead atoms. The number of aliphatic carboxylic acids is 1. The molecular formula is C23H22N2O5S. The molecule has 2 aromatic carbocycles. The number of carboxylic acids is 1. The molecule has 7 nitrogen and oxygen atoms in total. The second-order valence-electron chi connectivity index (χ2n) is 7.99. The van der Waals surface area contributed by atoms with E-state index in [4.69, 9.17) is 4.74 Å². The number of amides is 2. The highest BCUT2D eigenvalue weighted by atomic mass is 32.2. The Morgan fingerprint density at radius 1 is 1.06 bits per heavy atom. The number of ether oxygens (including phenoxy) is 1. The number of nitrogens with zero attached hydrogens (tertiary/aromatic N) is 1. The largest absolute Gasteiger partial charge is 0.480 e. The number of rotatable bonds is 4. The van der Waals surface area contributed by atoms with Crippen LogP contribution >= 0.6 is 11.8 Å². The van der Waals surface area contributed by atoms with Crippen molar-refractivity contribution in [3.05, 3.63) is 59.7 Å². The van der Waals surface area contributed by atoms with E-state index in [0.717, 1.165) is 22.3 Å². The third-order valence-corrected chi connectivity index (χ3v) is 7.62. The molecule has 2 aliphatic heterocycles. The van der Waals surface area contributed by atoms with Gasteiger partial charge in [-0.3, -0.25) is 4.79 Å². The number of nitrogens with one attached hydrogen (secondary N) is 1. The highest BCUT2D eigenvalue weighted by Gasteiger charge is 2.47. The maximum atomic E-state index is 12.8. The first-order valence-corrected chi connectivity index (χ1v) is 11.4. The number of fused-ring (bicyclic) bond motifs is 4. The molecule has 3 atom stereocenters. The molecular weight excluding hydrogens is 416 g/mol. The highest BCUT2D eigenvalue weighted by Crippen LogP contribution is 2.44. The lowest BCUT2D eigenvalue weighted by molar-refractivity contribution is -0.151. The normalized spacial score (nSPS) is 24.3. The van der Waals surface area contributed by atoms with Crippen LogP contribution in [0.25, 0.3) is 11.1 Å².